The smallest absolute Gasteiger partial charge is 0.305 e. The second kappa shape index (κ2) is 14.1. The van der Waals surface area contributed by atoms with Crippen LogP contribution in [-0.4, -0.2) is 42.1 Å². The SMILES string of the molecule is O=C(C[C@H]1CC=CCCCC(=O)OC[C@@H](c2ccccc2)NC1=O)N[C@H](CO)Cc1ccccc1. The molecule has 3 atom stereocenters. The van der Waals surface area contributed by atoms with Gasteiger partial charge in [0.05, 0.1) is 24.6 Å². The summed E-state index contributed by atoms with van der Waals surface area (Å²) in [6.07, 6.45) is 6.39. The number of hydrogen-bond acceptors (Lipinski definition) is 5. The Balaban J connectivity index is 1.69. The van der Waals surface area contributed by atoms with Gasteiger partial charge < -0.3 is 20.5 Å². The highest BCUT2D eigenvalue weighted by Gasteiger charge is 2.26. The van der Waals surface area contributed by atoms with Crippen molar-refractivity contribution in [2.75, 3.05) is 13.2 Å². The van der Waals surface area contributed by atoms with Gasteiger partial charge in [-0.2, -0.15) is 0 Å². The number of carbonyl (C=O) groups excluding carboxylic acids is 3. The summed E-state index contributed by atoms with van der Waals surface area (Å²) in [5.74, 6) is -1.46. The van der Waals surface area contributed by atoms with Gasteiger partial charge in [-0.15, -0.1) is 0 Å². The highest BCUT2D eigenvalue weighted by molar-refractivity contribution is 5.86. The summed E-state index contributed by atoms with van der Waals surface area (Å²) in [6, 6.07) is 18.0. The van der Waals surface area contributed by atoms with Crippen LogP contribution in [0.5, 0.6) is 0 Å². The highest BCUT2D eigenvalue weighted by Crippen LogP contribution is 2.18. The molecular weight excluding hydrogens is 444 g/mol. The topological polar surface area (TPSA) is 105 Å². The van der Waals surface area contributed by atoms with Crippen molar-refractivity contribution in [2.45, 2.75) is 50.6 Å². The van der Waals surface area contributed by atoms with Crippen LogP contribution >= 0.6 is 0 Å². The molecule has 0 saturated heterocycles. The average Bonchev–Trinajstić information content (AvgIpc) is 2.89. The van der Waals surface area contributed by atoms with Crippen LogP contribution in [-0.2, 0) is 25.5 Å². The van der Waals surface area contributed by atoms with E-state index in [-0.39, 0.29) is 37.4 Å². The number of cyclic esters (lactones) is 1. The van der Waals surface area contributed by atoms with Crippen molar-refractivity contribution in [2.24, 2.45) is 5.92 Å². The minimum Gasteiger partial charge on any atom is -0.463 e. The molecule has 7 heteroatoms. The number of allylic oxidation sites excluding steroid dienone is 2. The molecule has 0 aromatic heterocycles. The maximum absolute atomic E-state index is 13.2. The van der Waals surface area contributed by atoms with E-state index in [1.807, 2.05) is 72.8 Å². The van der Waals surface area contributed by atoms with Crippen LogP contribution in [0.25, 0.3) is 0 Å². The first kappa shape index (κ1) is 26.2. The Morgan fingerprint density at radius 1 is 1.06 bits per heavy atom. The van der Waals surface area contributed by atoms with E-state index in [0.717, 1.165) is 11.1 Å². The normalized spacial score (nSPS) is 20.4. The molecule has 0 spiro atoms. The summed E-state index contributed by atoms with van der Waals surface area (Å²) in [5, 5.41) is 15.6. The molecule has 1 heterocycles. The van der Waals surface area contributed by atoms with Gasteiger partial charge in [0.15, 0.2) is 0 Å². The largest absolute Gasteiger partial charge is 0.463 e. The molecular formula is C28H34N2O5. The molecule has 0 bridgehead atoms. The lowest BCUT2D eigenvalue weighted by atomic mass is 9.97. The third kappa shape index (κ3) is 9.02. The Hall–Kier alpha value is -3.45. The van der Waals surface area contributed by atoms with Gasteiger partial charge in [-0.3, -0.25) is 14.4 Å². The standard InChI is InChI=1S/C28H34N2O5/c31-19-24(17-21-11-5-3-6-12-21)29-26(32)18-23-15-7-1-2-10-16-27(33)35-20-25(30-28(23)34)22-13-8-4-9-14-22/h1,3-9,11-14,23-25,31H,2,10,15-20H2,(H,29,32)(H,30,34)/t23-,24+,25+/m1/s1. The van der Waals surface area contributed by atoms with Gasteiger partial charge in [-0.25, -0.2) is 0 Å². The predicted molar refractivity (Wildman–Crippen MR) is 133 cm³/mol. The van der Waals surface area contributed by atoms with Gasteiger partial charge in [0.2, 0.25) is 11.8 Å². The van der Waals surface area contributed by atoms with E-state index < -0.39 is 18.0 Å². The van der Waals surface area contributed by atoms with Crippen molar-refractivity contribution in [3.63, 3.8) is 0 Å². The molecule has 2 aromatic carbocycles. The number of amides is 2. The van der Waals surface area contributed by atoms with Crippen LogP contribution in [0.15, 0.2) is 72.8 Å². The monoisotopic (exact) mass is 478 g/mol. The summed E-state index contributed by atoms with van der Waals surface area (Å²) < 4.78 is 5.43. The zero-order valence-electron chi connectivity index (χ0n) is 19.9. The molecule has 1 aliphatic heterocycles. The van der Waals surface area contributed by atoms with Gasteiger partial charge in [-0.1, -0.05) is 72.8 Å². The van der Waals surface area contributed by atoms with Crippen molar-refractivity contribution < 1.29 is 24.2 Å². The van der Waals surface area contributed by atoms with Crippen LogP contribution in [0.1, 0.15) is 49.3 Å². The molecule has 186 valence electrons. The second-order valence-electron chi connectivity index (χ2n) is 8.79. The first-order valence-corrected chi connectivity index (χ1v) is 12.1. The Morgan fingerprint density at radius 2 is 1.77 bits per heavy atom. The van der Waals surface area contributed by atoms with Gasteiger partial charge in [-0.05, 0) is 36.8 Å². The van der Waals surface area contributed by atoms with E-state index >= 15 is 0 Å². The number of aliphatic hydroxyl groups excluding tert-OH is 1. The van der Waals surface area contributed by atoms with Crippen LogP contribution in [0.3, 0.4) is 0 Å². The Labute approximate surface area is 206 Å². The first-order chi connectivity index (χ1) is 17.0. The van der Waals surface area contributed by atoms with E-state index in [1.165, 1.54) is 0 Å². The number of aliphatic hydroxyl groups is 1. The van der Waals surface area contributed by atoms with E-state index in [1.54, 1.807) is 0 Å². The fourth-order valence-corrected chi connectivity index (χ4v) is 4.04. The number of nitrogens with one attached hydrogen (secondary N) is 2. The number of esters is 1. The number of hydrogen-bond donors (Lipinski definition) is 3. The van der Waals surface area contributed by atoms with E-state index in [9.17, 15) is 19.5 Å². The zero-order valence-corrected chi connectivity index (χ0v) is 19.9. The average molecular weight is 479 g/mol. The summed E-state index contributed by atoms with van der Waals surface area (Å²) in [7, 11) is 0. The first-order valence-electron chi connectivity index (χ1n) is 12.1. The molecule has 0 aliphatic carbocycles. The highest BCUT2D eigenvalue weighted by atomic mass is 16.5. The van der Waals surface area contributed by atoms with Gasteiger partial charge >= 0.3 is 5.97 Å². The summed E-state index contributed by atoms with van der Waals surface area (Å²) >= 11 is 0. The minimum absolute atomic E-state index is 0.0112. The molecule has 1 aliphatic rings. The van der Waals surface area contributed by atoms with Crippen molar-refractivity contribution >= 4 is 17.8 Å². The third-order valence-electron chi connectivity index (χ3n) is 5.98. The van der Waals surface area contributed by atoms with Crippen molar-refractivity contribution in [1.82, 2.24) is 10.6 Å². The molecule has 35 heavy (non-hydrogen) atoms. The van der Waals surface area contributed by atoms with Gasteiger partial charge in [0, 0.05) is 12.8 Å². The second-order valence-corrected chi connectivity index (χ2v) is 8.79. The minimum atomic E-state index is -0.593. The molecule has 0 fully saturated rings. The maximum atomic E-state index is 13.2. The van der Waals surface area contributed by atoms with Crippen LogP contribution in [0.2, 0.25) is 0 Å². The lowest BCUT2D eigenvalue weighted by molar-refractivity contribution is -0.145. The summed E-state index contributed by atoms with van der Waals surface area (Å²) in [4.78, 5) is 38.2. The van der Waals surface area contributed by atoms with E-state index in [4.69, 9.17) is 4.74 Å². The van der Waals surface area contributed by atoms with Crippen molar-refractivity contribution in [3.8, 4) is 0 Å². The molecule has 0 radical (unpaired) electrons. The summed E-state index contributed by atoms with van der Waals surface area (Å²) in [5.41, 5.74) is 1.83. The van der Waals surface area contributed by atoms with Crippen LogP contribution < -0.4 is 10.6 Å². The van der Waals surface area contributed by atoms with E-state index in [0.29, 0.717) is 32.1 Å². The fraction of sp³-hybridized carbons (Fsp3) is 0.393. The Bertz CT molecular complexity index is 977. The molecule has 2 amide bonds. The van der Waals surface area contributed by atoms with Crippen molar-refractivity contribution in [1.29, 1.82) is 0 Å². The maximum Gasteiger partial charge on any atom is 0.305 e. The molecule has 2 aromatic rings. The van der Waals surface area contributed by atoms with E-state index in [2.05, 4.69) is 10.6 Å². The number of benzene rings is 2. The lowest BCUT2D eigenvalue weighted by Crippen LogP contribution is -2.42. The number of rotatable bonds is 7. The molecule has 0 unspecified atom stereocenters. The fourth-order valence-electron chi connectivity index (χ4n) is 4.04. The number of ether oxygens (including phenoxy) is 1. The Kier molecular flexibility index (Phi) is 10.5. The molecule has 3 N–H and O–H groups in total. The molecule has 3 rings (SSSR count). The quantitative estimate of drug-likeness (QED) is 0.419. The third-order valence-corrected chi connectivity index (χ3v) is 5.98. The van der Waals surface area contributed by atoms with Gasteiger partial charge in [0.1, 0.15) is 6.61 Å². The van der Waals surface area contributed by atoms with Crippen LogP contribution in [0, 0.1) is 5.92 Å². The van der Waals surface area contributed by atoms with Crippen molar-refractivity contribution in [3.05, 3.63) is 83.9 Å². The Morgan fingerprint density at radius 3 is 2.49 bits per heavy atom. The lowest BCUT2D eigenvalue weighted by Gasteiger charge is -2.23. The summed E-state index contributed by atoms with van der Waals surface area (Å²) in [6.45, 7) is -0.163. The molecule has 7 nitrogen and oxygen atoms in total. The molecule has 0 saturated carbocycles. The van der Waals surface area contributed by atoms with Gasteiger partial charge in [0.25, 0.3) is 0 Å². The van der Waals surface area contributed by atoms with Crippen LogP contribution in [0.4, 0.5) is 0 Å². The zero-order chi connectivity index (χ0) is 24.9. The predicted octanol–water partition coefficient (Wildman–Crippen LogP) is 3.24. The number of carbonyl (C=O) groups is 3.